The van der Waals surface area contributed by atoms with Crippen molar-refractivity contribution in [3.05, 3.63) is 89.4 Å². The maximum absolute atomic E-state index is 14.0. The van der Waals surface area contributed by atoms with Gasteiger partial charge in [0.15, 0.2) is 0 Å². The summed E-state index contributed by atoms with van der Waals surface area (Å²) in [5.74, 6) is -0.370. The summed E-state index contributed by atoms with van der Waals surface area (Å²) in [6.45, 7) is 1.41. The molecule has 218 valence electrons. The SMILES string of the molecule is COc1ccc(N(CC(=O)N(CCc2ccccc2)[C@H](C)C(=O)NC2CCCC2)S(=O)(=O)c2ccccc2)cc1Cl. The van der Waals surface area contributed by atoms with Crippen LogP contribution >= 0.6 is 11.6 Å². The molecule has 1 N–H and O–H groups in total. The van der Waals surface area contributed by atoms with Crippen LogP contribution in [0.1, 0.15) is 38.2 Å². The predicted molar refractivity (Wildman–Crippen MR) is 161 cm³/mol. The molecule has 0 spiro atoms. The van der Waals surface area contributed by atoms with E-state index in [0.29, 0.717) is 12.2 Å². The summed E-state index contributed by atoms with van der Waals surface area (Å²) in [6, 6.07) is 21.4. The van der Waals surface area contributed by atoms with Crippen molar-refractivity contribution in [2.45, 2.75) is 56.0 Å². The number of nitrogens with one attached hydrogen (secondary N) is 1. The van der Waals surface area contributed by atoms with Crippen LogP contribution in [-0.2, 0) is 26.0 Å². The second kappa shape index (κ2) is 13.9. The lowest BCUT2D eigenvalue weighted by Gasteiger charge is -2.32. The molecule has 1 aliphatic carbocycles. The predicted octanol–water partition coefficient (Wildman–Crippen LogP) is 5.06. The lowest BCUT2D eigenvalue weighted by molar-refractivity contribution is -0.139. The summed E-state index contributed by atoms with van der Waals surface area (Å²) >= 11 is 6.36. The summed E-state index contributed by atoms with van der Waals surface area (Å²) in [5, 5.41) is 3.28. The molecular weight excluding hydrogens is 562 g/mol. The molecule has 0 aromatic heterocycles. The summed E-state index contributed by atoms with van der Waals surface area (Å²) in [7, 11) is -2.70. The van der Waals surface area contributed by atoms with Crippen LogP contribution in [0, 0.1) is 0 Å². The number of hydrogen-bond donors (Lipinski definition) is 1. The Labute approximate surface area is 247 Å². The van der Waals surface area contributed by atoms with E-state index < -0.39 is 28.5 Å². The van der Waals surface area contributed by atoms with Crippen molar-refractivity contribution in [2.75, 3.05) is 24.5 Å². The monoisotopic (exact) mass is 597 g/mol. The summed E-state index contributed by atoms with van der Waals surface area (Å²) in [5.41, 5.74) is 1.21. The fourth-order valence-electron chi connectivity index (χ4n) is 5.02. The van der Waals surface area contributed by atoms with E-state index >= 15 is 0 Å². The van der Waals surface area contributed by atoms with Crippen molar-refractivity contribution >= 4 is 39.1 Å². The fourth-order valence-corrected chi connectivity index (χ4v) is 6.70. The van der Waals surface area contributed by atoms with Crippen molar-refractivity contribution < 1.29 is 22.7 Å². The number of ether oxygens (including phenoxy) is 1. The van der Waals surface area contributed by atoms with Crippen molar-refractivity contribution in [2.24, 2.45) is 0 Å². The second-order valence-corrected chi connectivity index (χ2v) is 12.4. The third kappa shape index (κ3) is 7.59. The van der Waals surface area contributed by atoms with Gasteiger partial charge in [-0.25, -0.2) is 8.42 Å². The first-order valence-electron chi connectivity index (χ1n) is 13.8. The van der Waals surface area contributed by atoms with E-state index in [1.165, 1.54) is 30.2 Å². The van der Waals surface area contributed by atoms with Crippen LogP contribution in [0.3, 0.4) is 0 Å². The molecule has 0 saturated heterocycles. The minimum absolute atomic E-state index is 0.0302. The molecule has 0 heterocycles. The van der Waals surface area contributed by atoms with E-state index in [9.17, 15) is 18.0 Å². The van der Waals surface area contributed by atoms with Crippen LogP contribution in [0.2, 0.25) is 5.02 Å². The molecule has 1 saturated carbocycles. The van der Waals surface area contributed by atoms with E-state index in [2.05, 4.69) is 5.32 Å². The van der Waals surface area contributed by atoms with Crippen LogP contribution in [0.5, 0.6) is 5.75 Å². The molecule has 0 radical (unpaired) electrons. The average molecular weight is 598 g/mol. The van der Waals surface area contributed by atoms with Crippen molar-refractivity contribution in [3.8, 4) is 5.75 Å². The Morgan fingerprint density at radius 3 is 2.24 bits per heavy atom. The zero-order valence-corrected chi connectivity index (χ0v) is 24.9. The molecule has 3 aromatic rings. The van der Waals surface area contributed by atoms with Gasteiger partial charge in [-0.1, -0.05) is 73.0 Å². The molecule has 0 aliphatic heterocycles. The summed E-state index contributed by atoms with van der Waals surface area (Å²) < 4.78 is 34.0. The van der Waals surface area contributed by atoms with Crippen molar-refractivity contribution in [1.82, 2.24) is 10.2 Å². The molecular formula is C31H36ClN3O5S. The van der Waals surface area contributed by atoms with Gasteiger partial charge in [-0.05, 0) is 62.1 Å². The van der Waals surface area contributed by atoms with Crippen LogP contribution in [0.15, 0.2) is 83.8 Å². The molecule has 0 unspecified atom stereocenters. The number of nitrogens with zero attached hydrogens (tertiary/aromatic N) is 2. The molecule has 4 rings (SSSR count). The van der Waals surface area contributed by atoms with Crippen LogP contribution in [-0.4, -0.2) is 57.4 Å². The zero-order chi connectivity index (χ0) is 29.4. The molecule has 1 atom stereocenters. The number of carbonyl (C=O) groups is 2. The minimum atomic E-state index is -4.16. The number of hydrogen-bond acceptors (Lipinski definition) is 5. The largest absolute Gasteiger partial charge is 0.495 e. The van der Waals surface area contributed by atoms with Gasteiger partial charge in [0.05, 0.1) is 22.7 Å². The number of rotatable bonds is 12. The Hall–Kier alpha value is -3.56. The lowest BCUT2D eigenvalue weighted by atomic mass is 10.1. The molecule has 3 aromatic carbocycles. The molecule has 41 heavy (non-hydrogen) atoms. The van der Waals surface area contributed by atoms with Gasteiger partial charge in [-0.3, -0.25) is 13.9 Å². The highest BCUT2D eigenvalue weighted by Gasteiger charge is 2.33. The van der Waals surface area contributed by atoms with Gasteiger partial charge in [-0.15, -0.1) is 0 Å². The number of carbonyl (C=O) groups excluding carboxylic acids is 2. The minimum Gasteiger partial charge on any atom is -0.495 e. The molecule has 8 nitrogen and oxygen atoms in total. The standard InChI is InChI=1S/C31H36ClN3O5S/c1-23(31(37)33-25-13-9-10-14-25)34(20-19-24-11-5-3-6-12-24)30(36)22-35(26-17-18-29(40-2)28(32)21-26)41(38,39)27-15-7-4-8-16-27/h3-8,11-12,15-18,21,23,25H,9-10,13-14,19-20,22H2,1-2H3,(H,33,37)/t23-/m1/s1. The van der Waals surface area contributed by atoms with Gasteiger partial charge >= 0.3 is 0 Å². The molecule has 10 heteroatoms. The molecule has 1 aliphatic rings. The third-order valence-electron chi connectivity index (χ3n) is 7.39. The summed E-state index contributed by atoms with van der Waals surface area (Å²) in [4.78, 5) is 28.8. The Morgan fingerprint density at radius 1 is 1.00 bits per heavy atom. The van der Waals surface area contributed by atoms with E-state index in [-0.39, 0.29) is 34.1 Å². The van der Waals surface area contributed by atoms with Gasteiger partial charge < -0.3 is 15.0 Å². The Morgan fingerprint density at radius 2 is 1.63 bits per heavy atom. The maximum atomic E-state index is 14.0. The van der Waals surface area contributed by atoms with Gasteiger partial charge in [-0.2, -0.15) is 0 Å². The zero-order valence-electron chi connectivity index (χ0n) is 23.3. The first-order valence-corrected chi connectivity index (χ1v) is 15.6. The topological polar surface area (TPSA) is 96.0 Å². The highest BCUT2D eigenvalue weighted by Crippen LogP contribution is 2.32. The number of halogens is 1. The van der Waals surface area contributed by atoms with Crippen LogP contribution < -0.4 is 14.4 Å². The van der Waals surface area contributed by atoms with E-state index in [1.54, 1.807) is 37.3 Å². The Kier molecular flexibility index (Phi) is 10.3. The number of sulfonamides is 1. The van der Waals surface area contributed by atoms with Gasteiger partial charge in [0, 0.05) is 12.6 Å². The fraction of sp³-hybridized carbons (Fsp3) is 0.355. The first-order chi connectivity index (χ1) is 19.7. The third-order valence-corrected chi connectivity index (χ3v) is 9.47. The molecule has 2 amide bonds. The summed E-state index contributed by atoms with van der Waals surface area (Å²) in [6.07, 6.45) is 4.46. The molecule has 0 bridgehead atoms. The van der Waals surface area contributed by atoms with Crippen LogP contribution in [0.4, 0.5) is 5.69 Å². The number of methoxy groups -OCH3 is 1. The Bertz CT molecular complexity index is 1430. The first kappa shape index (κ1) is 30.4. The smallest absolute Gasteiger partial charge is 0.264 e. The number of anilines is 1. The highest BCUT2D eigenvalue weighted by molar-refractivity contribution is 7.92. The van der Waals surface area contributed by atoms with Gasteiger partial charge in [0.1, 0.15) is 18.3 Å². The second-order valence-electron chi connectivity index (χ2n) is 10.1. The average Bonchev–Trinajstić information content (AvgIpc) is 3.50. The van der Waals surface area contributed by atoms with Crippen molar-refractivity contribution in [1.29, 1.82) is 0 Å². The normalized spacial score (nSPS) is 14.3. The lowest BCUT2D eigenvalue weighted by Crippen LogP contribution is -2.53. The van der Waals surface area contributed by atoms with E-state index in [0.717, 1.165) is 35.6 Å². The van der Waals surface area contributed by atoms with Crippen molar-refractivity contribution in [3.63, 3.8) is 0 Å². The number of amides is 2. The van der Waals surface area contributed by atoms with Gasteiger partial charge in [0.2, 0.25) is 11.8 Å². The van der Waals surface area contributed by atoms with Gasteiger partial charge in [0.25, 0.3) is 10.0 Å². The van der Waals surface area contributed by atoms with E-state index in [1.807, 2.05) is 30.3 Å². The maximum Gasteiger partial charge on any atom is 0.264 e. The highest BCUT2D eigenvalue weighted by atomic mass is 35.5. The quantitative estimate of drug-likeness (QED) is 0.315. The molecule has 1 fully saturated rings. The van der Waals surface area contributed by atoms with Crippen LogP contribution in [0.25, 0.3) is 0 Å². The van der Waals surface area contributed by atoms with E-state index in [4.69, 9.17) is 16.3 Å². The number of benzene rings is 3. The Balaban J connectivity index is 1.66.